The van der Waals surface area contributed by atoms with Gasteiger partial charge in [0.2, 0.25) is 0 Å². The minimum Gasteiger partial charge on any atom is -0.466 e. The molecule has 1 aromatic carbocycles. The first kappa shape index (κ1) is 30.9. The molecule has 0 N–H and O–H groups in total. The van der Waals surface area contributed by atoms with Crippen LogP contribution in [0.3, 0.4) is 0 Å². The van der Waals surface area contributed by atoms with E-state index in [2.05, 4.69) is 11.8 Å². The van der Waals surface area contributed by atoms with Crippen LogP contribution in [0.5, 0.6) is 5.75 Å². The van der Waals surface area contributed by atoms with E-state index in [-0.39, 0.29) is 35.4 Å². The van der Waals surface area contributed by atoms with Gasteiger partial charge in [-0.3, -0.25) is 24.1 Å². The lowest BCUT2D eigenvalue weighted by Gasteiger charge is -2.65. The van der Waals surface area contributed by atoms with Gasteiger partial charge in [0.25, 0.3) is 0 Å². The lowest BCUT2D eigenvalue weighted by Crippen LogP contribution is -2.74. The van der Waals surface area contributed by atoms with E-state index in [1.165, 1.54) is 27.9 Å². The molecule has 3 aliphatic carbocycles. The molecule has 2 saturated carbocycles. The summed E-state index contributed by atoms with van der Waals surface area (Å²) in [5, 5.41) is 0. The molecule has 11 heteroatoms. The Labute approximate surface area is 267 Å². The Balaban J connectivity index is 1.50. The van der Waals surface area contributed by atoms with Crippen LogP contribution >= 0.6 is 0 Å². The third-order valence-corrected chi connectivity index (χ3v) is 11.8. The number of carbonyl (C=O) groups is 5. The SMILES string of the molecule is COC(=O)C1=C2C3(OC(C)=O)CC4CC5C3CCC(C)N5C24C2CCC(OC(C)=O)C(C(=O)Oc3ccccc3)C2C1OC(C)=O. The van der Waals surface area contributed by atoms with Gasteiger partial charge in [0.15, 0.2) is 0 Å². The molecular formula is C35H41NO10. The van der Waals surface area contributed by atoms with E-state index >= 15 is 0 Å². The van der Waals surface area contributed by atoms with Crippen molar-refractivity contribution >= 4 is 29.8 Å². The van der Waals surface area contributed by atoms with E-state index in [9.17, 15) is 24.0 Å². The number of para-hydroxylation sites is 1. The molecule has 0 radical (unpaired) electrons. The van der Waals surface area contributed by atoms with Crippen molar-refractivity contribution in [2.24, 2.45) is 29.6 Å². The summed E-state index contributed by atoms with van der Waals surface area (Å²) in [6.45, 7) is 6.15. The molecule has 7 rings (SSSR count). The van der Waals surface area contributed by atoms with Gasteiger partial charge in [0.1, 0.15) is 29.5 Å². The van der Waals surface area contributed by atoms with E-state index in [1.807, 2.05) is 0 Å². The Hall–Kier alpha value is -3.73. The Bertz CT molecular complexity index is 1520. The van der Waals surface area contributed by atoms with Crippen molar-refractivity contribution in [3.05, 3.63) is 41.5 Å². The van der Waals surface area contributed by atoms with Gasteiger partial charge >= 0.3 is 29.8 Å². The number of rotatable bonds is 6. The fourth-order valence-corrected chi connectivity index (χ4v) is 11.1. The molecule has 0 aromatic heterocycles. The van der Waals surface area contributed by atoms with Crippen LogP contribution in [0.2, 0.25) is 0 Å². The van der Waals surface area contributed by atoms with Crippen LogP contribution in [0.25, 0.3) is 0 Å². The number of ether oxygens (including phenoxy) is 5. The normalized spacial score (nSPS) is 41.2. The second-order valence-corrected chi connectivity index (χ2v) is 13.9. The average molecular weight is 636 g/mol. The molecule has 3 aliphatic heterocycles. The molecule has 3 saturated heterocycles. The summed E-state index contributed by atoms with van der Waals surface area (Å²) < 4.78 is 29.7. The summed E-state index contributed by atoms with van der Waals surface area (Å²) in [5.74, 6) is -4.84. The van der Waals surface area contributed by atoms with Crippen molar-refractivity contribution in [1.29, 1.82) is 0 Å². The monoisotopic (exact) mass is 635 g/mol. The number of hydrogen-bond acceptors (Lipinski definition) is 11. The lowest BCUT2D eigenvalue weighted by molar-refractivity contribution is -0.196. The maximum Gasteiger partial charge on any atom is 0.337 e. The predicted octanol–water partition coefficient (Wildman–Crippen LogP) is 3.53. The zero-order valence-electron chi connectivity index (χ0n) is 26.9. The van der Waals surface area contributed by atoms with Gasteiger partial charge < -0.3 is 23.7 Å². The highest BCUT2D eigenvalue weighted by atomic mass is 16.6. The molecule has 246 valence electrons. The predicted molar refractivity (Wildman–Crippen MR) is 160 cm³/mol. The number of nitrogens with zero attached hydrogens (tertiary/aromatic N) is 1. The molecule has 5 fully saturated rings. The second kappa shape index (κ2) is 10.9. The van der Waals surface area contributed by atoms with Crippen molar-refractivity contribution in [3.63, 3.8) is 0 Å². The van der Waals surface area contributed by atoms with E-state index < -0.39 is 65.0 Å². The number of esters is 5. The van der Waals surface area contributed by atoms with E-state index in [0.29, 0.717) is 30.6 Å². The Kier molecular flexibility index (Phi) is 7.34. The van der Waals surface area contributed by atoms with E-state index in [1.54, 1.807) is 30.3 Å². The number of benzene rings is 1. The van der Waals surface area contributed by atoms with Crippen molar-refractivity contribution in [3.8, 4) is 5.75 Å². The van der Waals surface area contributed by atoms with Gasteiger partial charge in [0.05, 0.1) is 18.2 Å². The first-order chi connectivity index (χ1) is 21.9. The van der Waals surface area contributed by atoms with Crippen molar-refractivity contribution in [1.82, 2.24) is 4.90 Å². The van der Waals surface area contributed by atoms with Gasteiger partial charge in [-0.15, -0.1) is 0 Å². The molecule has 3 heterocycles. The fourth-order valence-electron chi connectivity index (χ4n) is 11.1. The summed E-state index contributed by atoms with van der Waals surface area (Å²) in [6, 6.07) is 8.90. The van der Waals surface area contributed by atoms with Gasteiger partial charge in [0, 0.05) is 50.3 Å². The van der Waals surface area contributed by atoms with Crippen LogP contribution < -0.4 is 4.74 Å². The topological polar surface area (TPSA) is 135 Å². The number of methoxy groups -OCH3 is 1. The highest BCUT2D eigenvalue weighted by molar-refractivity contribution is 5.94. The quantitative estimate of drug-likeness (QED) is 0.258. The minimum absolute atomic E-state index is 0.0187. The molecule has 46 heavy (non-hydrogen) atoms. The van der Waals surface area contributed by atoms with Crippen molar-refractivity contribution in [2.45, 2.75) is 102 Å². The van der Waals surface area contributed by atoms with Crippen LogP contribution in [0.4, 0.5) is 0 Å². The molecule has 0 amide bonds. The molecule has 1 aromatic rings. The van der Waals surface area contributed by atoms with Crippen molar-refractivity contribution < 1.29 is 47.7 Å². The Morgan fingerprint density at radius 2 is 1.57 bits per heavy atom. The van der Waals surface area contributed by atoms with Gasteiger partial charge in [-0.1, -0.05) is 18.2 Å². The molecule has 1 spiro atoms. The largest absolute Gasteiger partial charge is 0.466 e. The smallest absolute Gasteiger partial charge is 0.337 e. The fraction of sp³-hybridized carbons (Fsp3) is 0.629. The van der Waals surface area contributed by atoms with Gasteiger partial charge in [-0.05, 0) is 69.4 Å². The first-order valence-corrected chi connectivity index (χ1v) is 16.4. The summed E-state index contributed by atoms with van der Waals surface area (Å²) in [7, 11) is 1.27. The highest BCUT2D eigenvalue weighted by Crippen LogP contribution is 2.76. The maximum absolute atomic E-state index is 14.4. The summed E-state index contributed by atoms with van der Waals surface area (Å²) >= 11 is 0. The third kappa shape index (κ3) is 4.15. The van der Waals surface area contributed by atoms with E-state index in [0.717, 1.165) is 19.3 Å². The second-order valence-electron chi connectivity index (χ2n) is 13.9. The Morgan fingerprint density at radius 1 is 0.870 bits per heavy atom. The molecule has 12 atom stereocenters. The molecule has 12 unspecified atom stereocenters. The molecule has 6 aliphatic rings. The number of hydrogen-bond donors (Lipinski definition) is 0. The van der Waals surface area contributed by atoms with Crippen LogP contribution in [0.15, 0.2) is 41.5 Å². The standard InChI is InChI=1S/C35H41NO10/c1-17-11-12-23-25-15-21-16-34(23,46-20(4)39)31-29(32(40)42-5)30(44-19(3)38)27-24(35(21,31)36(17)25)13-14-26(43-18(2)37)28(27)33(41)45-22-9-7-6-8-10-22/h6-10,17,21,23-28,30H,11-16H2,1-5H3. The summed E-state index contributed by atoms with van der Waals surface area (Å²) in [5.41, 5.74) is -0.997. The van der Waals surface area contributed by atoms with Crippen LogP contribution in [-0.4, -0.2) is 77.3 Å². The van der Waals surface area contributed by atoms with Gasteiger partial charge in [-0.2, -0.15) is 0 Å². The summed E-state index contributed by atoms with van der Waals surface area (Å²) in [6.07, 6.45) is 1.90. The zero-order valence-corrected chi connectivity index (χ0v) is 26.9. The zero-order chi connectivity index (χ0) is 32.7. The first-order valence-electron chi connectivity index (χ1n) is 16.4. The lowest BCUT2D eigenvalue weighted by atomic mass is 9.51. The number of fused-ring (bicyclic) bond motifs is 2. The van der Waals surface area contributed by atoms with E-state index in [4.69, 9.17) is 23.7 Å². The molecule has 11 nitrogen and oxygen atoms in total. The molecular weight excluding hydrogens is 594 g/mol. The molecule has 5 bridgehead atoms. The maximum atomic E-state index is 14.4. The number of piperidine rings is 2. The van der Waals surface area contributed by atoms with Crippen LogP contribution in [0.1, 0.15) is 66.2 Å². The van der Waals surface area contributed by atoms with Crippen molar-refractivity contribution in [2.75, 3.05) is 7.11 Å². The Morgan fingerprint density at radius 3 is 2.22 bits per heavy atom. The average Bonchev–Trinajstić information content (AvgIpc) is 3.40. The van der Waals surface area contributed by atoms with Crippen LogP contribution in [-0.2, 0) is 42.9 Å². The minimum atomic E-state index is -1.23. The highest BCUT2D eigenvalue weighted by Gasteiger charge is 2.83. The third-order valence-electron chi connectivity index (χ3n) is 11.8. The summed E-state index contributed by atoms with van der Waals surface area (Å²) in [4.78, 5) is 69.3. The van der Waals surface area contributed by atoms with Gasteiger partial charge in [-0.25, -0.2) is 4.79 Å². The number of carbonyl (C=O) groups excluding carboxylic acids is 5. The van der Waals surface area contributed by atoms with Crippen LogP contribution in [0, 0.1) is 29.6 Å².